The Morgan fingerprint density at radius 2 is 2.16 bits per heavy atom. The van der Waals surface area contributed by atoms with Gasteiger partial charge in [0.05, 0.1) is 0 Å². The number of rotatable bonds is 2. The normalized spacial score (nSPS) is 19.4. The fourth-order valence-electron chi connectivity index (χ4n) is 2.44. The Bertz CT molecular complexity index is 481. The number of halogens is 1. The van der Waals surface area contributed by atoms with Gasteiger partial charge in [0.2, 0.25) is 0 Å². The lowest BCUT2D eigenvalue weighted by Gasteiger charge is -2.33. The lowest BCUT2D eigenvalue weighted by atomic mass is 9.79. The van der Waals surface area contributed by atoms with Gasteiger partial charge in [-0.1, -0.05) is 11.6 Å². The van der Waals surface area contributed by atoms with Gasteiger partial charge in [-0.05, 0) is 44.4 Å². The number of hydrogen-bond acceptors (Lipinski definition) is 3. The zero-order valence-electron chi connectivity index (χ0n) is 10.8. The van der Waals surface area contributed by atoms with Gasteiger partial charge >= 0.3 is 7.12 Å². The third kappa shape index (κ3) is 3.11. The van der Waals surface area contributed by atoms with Crippen molar-refractivity contribution in [1.29, 1.82) is 0 Å². The molecule has 19 heavy (non-hydrogen) atoms. The van der Waals surface area contributed by atoms with E-state index in [4.69, 9.17) is 11.6 Å². The molecule has 1 aliphatic rings. The Balaban J connectivity index is 2.26. The Morgan fingerprint density at radius 3 is 2.79 bits per heavy atom. The van der Waals surface area contributed by atoms with Crippen LogP contribution in [0.4, 0.5) is 0 Å². The molecule has 1 aromatic rings. The van der Waals surface area contributed by atoms with Crippen LogP contribution in [0, 0.1) is 0 Å². The van der Waals surface area contributed by atoms with Crippen molar-refractivity contribution in [1.82, 2.24) is 4.90 Å². The van der Waals surface area contributed by atoms with Gasteiger partial charge in [-0.2, -0.15) is 0 Å². The van der Waals surface area contributed by atoms with E-state index in [0.717, 1.165) is 25.8 Å². The predicted octanol–water partition coefficient (Wildman–Crippen LogP) is 1.03. The van der Waals surface area contributed by atoms with Crippen LogP contribution in [-0.4, -0.2) is 40.6 Å². The van der Waals surface area contributed by atoms with Crippen LogP contribution >= 0.6 is 11.6 Å². The summed E-state index contributed by atoms with van der Waals surface area (Å²) in [6, 6.07) is 4.83. The molecule has 0 saturated carbocycles. The third-order valence-electron chi connectivity index (χ3n) is 3.58. The number of carbonyl (C=O) groups is 1. The molecular weight excluding hydrogens is 264 g/mol. The summed E-state index contributed by atoms with van der Waals surface area (Å²) in [5.74, 6) is -0.0780. The molecule has 1 aliphatic heterocycles. The molecule has 0 bridgehead atoms. The molecule has 4 nitrogen and oxygen atoms in total. The van der Waals surface area contributed by atoms with Crippen molar-refractivity contribution in [2.24, 2.45) is 0 Å². The van der Waals surface area contributed by atoms with Gasteiger partial charge < -0.3 is 14.9 Å². The average molecular weight is 282 g/mol. The van der Waals surface area contributed by atoms with Gasteiger partial charge in [0, 0.05) is 28.6 Å². The van der Waals surface area contributed by atoms with E-state index in [1.165, 1.54) is 12.1 Å². The quantitative estimate of drug-likeness (QED) is 0.796. The fraction of sp³-hybridized carbons (Fsp3) is 0.462. The molecule has 0 unspecified atom stereocenters. The second-order valence-corrected chi connectivity index (χ2v) is 5.36. The summed E-state index contributed by atoms with van der Waals surface area (Å²) < 4.78 is 0. The van der Waals surface area contributed by atoms with Crippen molar-refractivity contribution in [3.8, 4) is 0 Å². The van der Waals surface area contributed by atoms with Gasteiger partial charge in [-0.15, -0.1) is 0 Å². The van der Waals surface area contributed by atoms with Crippen molar-refractivity contribution in [2.45, 2.75) is 32.2 Å². The van der Waals surface area contributed by atoms with Crippen LogP contribution in [0.15, 0.2) is 18.2 Å². The van der Waals surface area contributed by atoms with Crippen molar-refractivity contribution < 1.29 is 14.8 Å². The first-order valence-electron chi connectivity index (χ1n) is 6.47. The Labute approximate surface area is 118 Å². The average Bonchev–Trinajstić information content (AvgIpc) is 2.38. The maximum atomic E-state index is 12.4. The maximum absolute atomic E-state index is 12.4. The van der Waals surface area contributed by atoms with Gasteiger partial charge in [0.15, 0.2) is 0 Å². The highest BCUT2D eigenvalue weighted by atomic mass is 35.5. The molecule has 1 saturated heterocycles. The summed E-state index contributed by atoms with van der Waals surface area (Å²) in [7, 11) is -1.67. The zero-order valence-corrected chi connectivity index (χ0v) is 11.6. The summed E-state index contributed by atoms with van der Waals surface area (Å²) in [5.41, 5.74) is 0.610. The third-order valence-corrected chi connectivity index (χ3v) is 3.93. The van der Waals surface area contributed by atoms with Crippen LogP contribution in [0.2, 0.25) is 5.02 Å². The minimum Gasteiger partial charge on any atom is -0.423 e. The van der Waals surface area contributed by atoms with Crippen molar-refractivity contribution in [2.75, 3.05) is 6.54 Å². The summed E-state index contributed by atoms with van der Waals surface area (Å²) in [6.45, 7) is 2.79. The van der Waals surface area contributed by atoms with E-state index in [-0.39, 0.29) is 22.4 Å². The van der Waals surface area contributed by atoms with Crippen LogP contribution in [0.5, 0.6) is 0 Å². The minimum atomic E-state index is -1.67. The first kappa shape index (κ1) is 14.4. The van der Waals surface area contributed by atoms with Crippen LogP contribution in [0.3, 0.4) is 0 Å². The second-order valence-electron chi connectivity index (χ2n) is 4.95. The Hall–Kier alpha value is -1.04. The van der Waals surface area contributed by atoms with E-state index in [1.54, 1.807) is 6.07 Å². The van der Waals surface area contributed by atoms with Crippen LogP contribution in [0.1, 0.15) is 36.5 Å². The highest BCUT2D eigenvalue weighted by Gasteiger charge is 2.25. The number of hydrogen-bond donors (Lipinski definition) is 2. The maximum Gasteiger partial charge on any atom is 0.489 e. The SMILES string of the molecule is C[C@@H]1CCCCN1C(=O)c1ccc(Cl)c(B(O)O)c1. The molecule has 1 atom stereocenters. The van der Waals surface area contributed by atoms with E-state index >= 15 is 0 Å². The molecule has 1 heterocycles. The summed E-state index contributed by atoms with van der Waals surface area (Å²) >= 11 is 5.87. The van der Waals surface area contributed by atoms with Crippen LogP contribution < -0.4 is 5.46 Å². The number of nitrogens with zero attached hydrogens (tertiary/aromatic N) is 1. The second kappa shape index (κ2) is 5.95. The molecule has 2 N–H and O–H groups in total. The molecule has 0 radical (unpaired) electrons. The van der Waals surface area contributed by atoms with E-state index in [0.29, 0.717) is 5.56 Å². The molecular formula is C13H17BClNO3. The fourth-order valence-corrected chi connectivity index (χ4v) is 2.66. The number of carbonyl (C=O) groups excluding carboxylic acids is 1. The smallest absolute Gasteiger partial charge is 0.423 e. The summed E-state index contributed by atoms with van der Waals surface area (Å²) in [4.78, 5) is 14.2. The Kier molecular flexibility index (Phi) is 4.50. The predicted molar refractivity (Wildman–Crippen MR) is 75.6 cm³/mol. The summed E-state index contributed by atoms with van der Waals surface area (Å²) in [5, 5.41) is 18.7. The largest absolute Gasteiger partial charge is 0.489 e. The molecule has 0 aliphatic carbocycles. The van der Waals surface area contributed by atoms with E-state index in [1.807, 2.05) is 11.8 Å². The zero-order chi connectivity index (χ0) is 14.0. The van der Waals surface area contributed by atoms with Crippen molar-refractivity contribution in [3.05, 3.63) is 28.8 Å². The molecule has 0 aromatic heterocycles. The monoisotopic (exact) mass is 281 g/mol. The van der Waals surface area contributed by atoms with E-state index in [2.05, 4.69) is 0 Å². The lowest BCUT2D eigenvalue weighted by Crippen LogP contribution is -2.42. The van der Waals surface area contributed by atoms with Crippen molar-refractivity contribution in [3.63, 3.8) is 0 Å². The van der Waals surface area contributed by atoms with Crippen LogP contribution in [0.25, 0.3) is 0 Å². The lowest BCUT2D eigenvalue weighted by molar-refractivity contribution is 0.0636. The molecule has 2 rings (SSSR count). The first-order valence-corrected chi connectivity index (χ1v) is 6.85. The summed E-state index contributed by atoms with van der Waals surface area (Å²) in [6.07, 6.45) is 3.17. The highest BCUT2D eigenvalue weighted by Crippen LogP contribution is 2.19. The molecule has 6 heteroatoms. The first-order chi connectivity index (χ1) is 9.00. The number of benzene rings is 1. The molecule has 1 fully saturated rings. The van der Waals surface area contributed by atoms with Gasteiger partial charge in [0.1, 0.15) is 0 Å². The molecule has 0 spiro atoms. The highest BCUT2D eigenvalue weighted by molar-refractivity contribution is 6.62. The molecule has 102 valence electrons. The topological polar surface area (TPSA) is 60.8 Å². The minimum absolute atomic E-state index is 0.0780. The standard InChI is InChI=1S/C13H17BClNO3/c1-9-4-2-3-7-16(9)13(17)10-5-6-12(15)11(8-10)14(18)19/h5-6,8-9,18-19H,2-4,7H2,1H3/t9-/m1/s1. The number of amides is 1. The molecule has 1 amide bonds. The van der Waals surface area contributed by atoms with Gasteiger partial charge in [-0.3, -0.25) is 4.79 Å². The van der Waals surface area contributed by atoms with Crippen molar-refractivity contribution >= 4 is 30.1 Å². The Morgan fingerprint density at radius 1 is 1.42 bits per heavy atom. The van der Waals surface area contributed by atoms with E-state index < -0.39 is 7.12 Å². The van der Waals surface area contributed by atoms with Gasteiger partial charge in [0.25, 0.3) is 5.91 Å². The van der Waals surface area contributed by atoms with Crippen LogP contribution in [-0.2, 0) is 0 Å². The van der Waals surface area contributed by atoms with E-state index in [9.17, 15) is 14.8 Å². The molecule has 1 aromatic carbocycles. The van der Waals surface area contributed by atoms with Gasteiger partial charge in [-0.25, -0.2) is 0 Å². The number of piperidine rings is 1. The number of likely N-dealkylation sites (tertiary alicyclic amines) is 1.